The minimum atomic E-state index is 0.336. The number of hydrogen-bond acceptors (Lipinski definition) is 3. The van der Waals surface area contributed by atoms with Gasteiger partial charge in [0.2, 0.25) is 0 Å². The van der Waals surface area contributed by atoms with Crippen molar-refractivity contribution in [3.63, 3.8) is 0 Å². The predicted molar refractivity (Wildman–Crippen MR) is 87.1 cm³/mol. The molecule has 0 aliphatic heterocycles. The summed E-state index contributed by atoms with van der Waals surface area (Å²) in [6, 6.07) is 17.8. The number of nitrogens with one attached hydrogen (secondary N) is 1. The molecule has 3 aromatic rings. The van der Waals surface area contributed by atoms with Crippen LogP contribution >= 0.6 is 11.6 Å². The van der Waals surface area contributed by atoms with Gasteiger partial charge >= 0.3 is 0 Å². The van der Waals surface area contributed by atoms with E-state index < -0.39 is 0 Å². The molecule has 1 N–H and O–H groups in total. The summed E-state index contributed by atoms with van der Waals surface area (Å²) >= 11 is 6.17. The zero-order chi connectivity index (χ0) is 14.7. The molecule has 3 rings (SSSR count). The summed E-state index contributed by atoms with van der Waals surface area (Å²) in [5, 5.41) is 5.84. The molecule has 0 spiro atoms. The van der Waals surface area contributed by atoms with E-state index in [-0.39, 0.29) is 0 Å². The van der Waals surface area contributed by atoms with Crippen LogP contribution in [0.5, 0.6) is 5.75 Å². The van der Waals surface area contributed by atoms with Gasteiger partial charge in [0.05, 0.1) is 10.7 Å². The third kappa shape index (κ3) is 2.93. The van der Waals surface area contributed by atoms with E-state index in [2.05, 4.69) is 22.4 Å². The molecule has 0 fully saturated rings. The molecule has 3 nitrogen and oxygen atoms in total. The van der Waals surface area contributed by atoms with E-state index in [1.807, 2.05) is 49.5 Å². The minimum absolute atomic E-state index is 0.336. The van der Waals surface area contributed by atoms with Crippen LogP contribution in [0.2, 0.25) is 5.02 Å². The van der Waals surface area contributed by atoms with Gasteiger partial charge in [-0.15, -0.1) is 0 Å². The molecule has 1 heterocycles. The lowest BCUT2D eigenvalue weighted by molar-refractivity contribution is 0.305. The summed E-state index contributed by atoms with van der Waals surface area (Å²) in [6.07, 6.45) is 0. The first kappa shape index (κ1) is 13.7. The maximum absolute atomic E-state index is 6.17. The lowest BCUT2D eigenvalue weighted by atomic mass is 10.1. The summed E-state index contributed by atoms with van der Waals surface area (Å²) < 4.78 is 5.91. The fourth-order valence-electron chi connectivity index (χ4n) is 2.19. The van der Waals surface area contributed by atoms with Gasteiger partial charge in [-0.1, -0.05) is 48.0 Å². The normalized spacial score (nSPS) is 10.6. The Labute approximate surface area is 128 Å². The van der Waals surface area contributed by atoms with Crippen LogP contribution in [0.15, 0.2) is 54.6 Å². The average Bonchev–Trinajstić information content (AvgIpc) is 2.54. The Balaban J connectivity index is 1.87. The highest BCUT2D eigenvalue weighted by atomic mass is 35.5. The number of benzene rings is 2. The molecule has 0 unspecified atom stereocenters. The number of ether oxygens (including phenoxy) is 1. The maximum atomic E-state index is 6.17. The molecule has 0 saturated heterocycles. The van der Waals surface area contributed by atoms with Crippen LogP contribution in [0.1, 0.15) is 5.69 Å². The second-order valence-electron chi connectivity index (χ2n) is 4.64. The molecule has 106 valence electrons. The first-order valence-electron chi connectivity index (χ1n) is 6.71. The van der Waals surface area contributed by atoms with Gasteiger partial charge in [0.1, 0.15) is 18.2 Å². The van der Waals surface area contributed by atoms with Crippen molar-refractivity contribution < 1.29 is 4.74 Å². The second kappa shape index (κ2) is 6.02. The van der Waals surface area contributed by atoms with Crippen molar-refractivity contribution in [3.05, 3.63) is 65.3 Å². The molecule has 0 bridgehead atoms. The van der Waals surface area contributed by atoms with Crippen LogP contribution in [0, 0.1) is 0 Å². The second-order valence-corrected chi connectivity index (χ2v) is 5.05. The maximum Gasteiger partial charge on any atom is 0.132 e. The highest BCUT2D eigenvalue weighted by Gasteiger charge is 2.06. The SMILES string of the molecule is CNc1ccc(Cl)c(COc2cccc3ccccc23)n1. The first-order chi connectivity index (χ1) is 10.3. The van der Waals surface area contributed by atoms with Crippen LogP contribution in [0.3, 0.4) is 0 Å². The quantitative estimate of drug-likeness (QED) is 0.769. The van der Waals surface area contributed by atoms with Crippen molar-refractivity contribution >= 4 is 28.2 Å². The standard InChI is InChI=1S/C17H15ClN2O/c1-19-17-10-9-14(18)15(20-17)11-21-16-8-4-6-12-5-2-3-7-13(12)16/h2-10H,11H2,1H3,(H,19,20). The Bertz CT molecular complexity index is 768. The number of hydrogen-bond donors (Lipinski definition) is 1. The van der Waals surface area contributed by atoms with Gasteiger partial charge in [-0.2, -0.15) is 0 Å². The molecule has 0 aliphatic carbocycles. The lowest BCUT2D eigenvalue weighted by Gasteiger charge is -2.11. The zero-order valence-corrected chi connectivity index (χ0v) is 12.4. The van der Waals surface area contributed by atoms with Crippen molar-refractivity contribution in [3.8, 4) is 5.75 Å². The Kier molecular flexibility index (Phi) is 3.93. The molecule has 0 radical (unpaired) electrons. The minimum Gasteiger partial charge on any atom is -0.487 e. The molecule has 2 aromatic carbocycles. The van der Waals surface area contributed by atoms with E-state index in [1.54, 1.807) is 0 Å². The summed E-state index contributed by atoms with van der Waals surface area (Å²) in [7, 11) is 1.82. The Morgan fingerprint density at radius 3 is 2.71 bits per heavy atom. The molecular weight excluding hydrogens is 284 g/mol. The highest BCUT2D eigenvalue weighted by Crippen LogP contribution is 2.26. The van der Waals surface area contributed by atoms with Crippen LogP contribution in [0.25, 0.3) is 10.8 Å². The lowest BCUT2D eigenvalue weighted by Crippen LogP contribution is -2.02. The summed E-state index contributed by atoms with van der Waals surface area (Å²) in [5.74, 6) is 1.61. The zero-order valence-electron chi connectivity index (χ0n) is 11.6. The summed E-state index contributed by atoms with van der Waals surface area (Å²) in [5.41, 5.74) is 0.719. The number of pyridine rings is 1. The molecule has 0 atom stereocenters. The number of anilines is 1. The summed E-state index contributed by atoms with van der Waals surface area (Å²) in [6.45, 7) is 0.336. The van der Waals surface area contributed by atoms with Crippen molar-refractivity contribution in [1.29, 1.82) is 0 Å². The topological polar surface area (TPSA) is 34.1 Å². The van der Waals surface area contributed by atoms with E-state index in [9.17, 15) is 0 Å². The number of halogens is 1. The molecule has 21 heavy (non-hydrogen) atoms. The van der Waals surface area contributed by atoms with Gasteiger partial charge in [-0.05, 0) is 23.6 Å². The third-order valence-corrected chi connectivity index (χ3v) is 3.63. The molecule has 1 aromatic heterocycles. The molecular formula is C17H15ClN2O. The van der Waals surface area contributed by atoms with Gasteiger partial charge < -0.3 is 10.1 Å². The highest BCUT2D eigenvalue weighted by molar-refractivity contribution is 6.31. The predicted octanol–water partition coefficient (Wildman–Crippen LogP) is 4.51. The monoisotopic (exact) mass is 298 g/mol. The van der Waals surface area contributed by atoms with Crippen molar-refractivity contribution in [2.75, 3.05) is 12.4 Å². The number of fused-ring (bicyclic) bond motifs is 1. The van der Waals surface area contributed by atoms with Gasteiger partial charge in [-0.25, -0.2) is 4.98 Å². The first-order valence-corrected chi connectivity index (χ1v) is 7.09. The van der Waals surface area contributed by atoms with E-state index in [0.29, 0.717) is 11.6 Å². The van der Waals surface area contributed by atoms with Crippen molar-refractivity contribution in [2.45, 2.75) is 6.61 Å². The fraction of sp³-hybridized carbons (Fsp3) is 0.118. The van der Waals surface area contributed by atoms with E-state index >= 15 is 0 Å². The smallest absolute Gasteiger partial charge is 0.132 e. The summed E-state index contributed by atoms with van der Waals surface area (Å²) in [4.78, 5) is 4.42. The van der Waals surface area contributed by atoms with Gasteiger partial charge in [0.15, 0.2) is 0 Å². The van der Waals surface area contributed by atoms with E-state index in [1.165, 1.54) is 0 Å². The largest absolute Gasteiger partial charge is 0.487 e. The van der Waals surface area contributed by atoms with Gasteiger partial charge in [0.25, 0.3) is 0 Å². The Hall–Kier alpha value is -2.26. The van der Waals surface area contributed by atoms with Crippen LogP contribution in [0.4, 0.5) is 5.82 Å². The van der Waals surface area contributed by atoms with Crippen molar-refractivity contribution in [1.82, 2.24) is 4.98 Å². The van der Waals surface area contributed by atoms with Gasteiger partial charge in [-0.3, -0.25) is 0 Å². The van der Waals surface area contributed by atoms with E-state index in [0.717, 1.165) is 28.0 Å². The number of nitrogens with zero attached hydrogens (tertiary/aromatic N) is 1. The average molecular weight is 299 g/mol. The molecule has 0 amide bonds. The van der Waals surface area contributed by atoms with Crippen LogP contribution in [-0.2, 0) is 6.61 Å². The fourth-order valence-corrected chi connectivity index (χ4v) is 2.35. The van der Waals surface area contributed by atoms with Crippen molar-refractivity contribution in [2.24, 2.45) is 0 Å². The Morgan fingerprint density at radius 1 is 1.05 bits per heavy atom. The van der Waals surface area contributed by atoms with E-state index in [4.69, 9.17) is 16.3 Å². The van der Waals surface area contributed by atoms with Crippen LogP contribution < -0.4 is 10.1 Å². The molecule has 0 saturated carbocycles. The Morgan fingerprint density at radius 2 is 1.86 bits per heavy atom. The van der Waals surface area contributed by atoms with Gasteiger partial charge in [0, 0.05) is 12.4 Å². The molecule has 0 aliphatic rings. The number of rotatable bonds is 4. The van der Waals surface area contributed by atoms with Crippen LogP contribution in [-0.4, -0.2) is 12.0 Å². The molecule has 4 heteroatoms. The number of aromatic nitrogens is 1. The third-order valence-electron chi connectivity index (χ3n) is 3.29.